The lowest BCUT2D eigenvalue weighted by molar-refractivity contribution is 0.105. The highest BCUT2D eigenvalue weighted by Crippen LogP contribution is 1.86. The fraction of sp³-hybridized carbons (Fsp3) is 1.00. The summed E-state index contributed by atoms with van der Waals surface area (Å²) in [5, 5.41) is 20.2. The van der Waals surface area contributed by atoms with Gasteiger partial charge in [-0.1, -0.05) is 6.92 Å². The van der Waals surface area contributed by atoms with Gasteiger partial charge < -0.3 is 10.2 Å². The van der Waals surface area contributed by atoms with Crippen LogP contribution < -0.4 is 5.32 Å². The van der Waals surface area contributed by atoms with E-state index < -0.39 is 6.23 Å². The molecule has 0 spiro atoms. The van der Waals surface area contributed by atoms with Gasteiger partial charge >= 0.3 is 0 Å². The van der Waals surface area contributed by atoms with Crippen LogP contribution in [0.2, 0.25) is 0 Å². The SMILES string of the molecule is CCC(O)NC(C)CO. The maximum Gasteiger partial charge on any atom is 0.104 e. The number of aliphatic hydroxyl groups is 2. The van der Waals surface area contributed by atoms with Crippen LogP contribution in [0.15, 0.2) is 0 Å². The molecule has 3 heteroatoms. The molecule has 0 aromatic heterocycles. The molecule has 0 radical (unpaired) electrons. The Kier molecular flexibility index (Phi) is 4.67. The Balaban J connectivity index is 3.22. The van der Waals surface area contributed by atoms with Crippen molar-refractivity contribution in [3.8, 4) is 0 Å². The molecule has 3 nitrogen and oxygen atoms in total. The monoisotopic (exact) mass is 133 g/mol. The zero-order chi connectivity index (χ0) is 7.28. The summed E-state index contributed by atoms with van der Waals surface area (Å²) >= 11 is 0. The van der Waals surface area contributed by atoms with E-state index in [-0.39, 0.29) is 12.6 Å². The molecule has 0 saturated carbocycles. The molecule has 0 amide bonds. The summed E-state index contributed by atoms with van der Waals surface area (Å²) in [6.45, 7) is 3.76. The maximum absolute atomic E-state index is 8.94. The second-order valence-electron chi connectivity index (χ2n) is 2.17. The molecule has 56 valence electrons. The molecule has 0 heterocycles. The highest BCUT2D eigenvalue weighted by molar-refractivity contribution is 4.59. The first-order valence-electron chi connectivity index (χ1n) is 3.25. The zero-order valence-electron chi connectivity index (χ0n) is 5.96. The molecule has 0 aliphatic carbocycles. The molecule has 0 aromatic rings. The van der Waals surface area contributed by atoms with Crippen molar-refractivity contribution in [1.82, 2.24) is 5.32 Å². The van der Waals surface area contributed by atoms with Crippen molar-refractivity contribution in [2.24, 2.45) is 0 Å². The zero-order valence-corrected chi connectivity index (χ0v) is 5.96. The first-order chi connectivity index (χ1) is 4.20. The van der Waals surface area contributed by atoms with Gasteiger partial charge in [-0.3, -0.25) is 5.32 Å². The molecule has 0 bridgehead atoms. The van der Waals surface area contributed by atoms with Gasteiger partial charge in [0, 0.05) is 6.04 Å². The normalized spacial score (nSPS) is 17.3. The van der Waals surface area contributed by atoms with E-state index in [2.05, 4.69) is 5.32 Å². The van der Waals surface area contributed by atoms with Crippen LogP contribution in [-0.2, 0) is 0 Å². The summed E-state index contributed by atoms with van der Waals surface area (Å²) in [6.07, 6.45) is 0.191. The fourth-order valence-corrected chi connectivity index (χ4v) is 0.499. The Morgan fingerprint density at radius 3 is 2.44 bits per heavy atom. The lowest BCUT2D eigenvalue weighted by Crippen LogP contribution is -2.37. The number of hydrogen-bond acceptors (Lipinski definition) is 3. The third-order valence-electron chi connectivity index (χ3n) is 1.14. The Hall–Kier alpha value is -0.120. The van der Waals surface area contributed by atoms with Crippen molar-refractivity contribution >= 4 is 0 Å². The van der Waals surface area contributed by atoms with Gasteiger partial charge in [0.2, 0.25) is 0 Å². The molecular formula is C6H15NO2. The minimum absolute atomic E-state index is 0.0139. The molecule has 3 N–H and O–H groups in total. The third-order valence-corrected chi connectivity index (χ3v) is 1.14. The average molecular weight is 133 g/mol. The Labute approximate surface area is 55.7 Å². The highest BCUT2D eigenvalue weighted by Gasteiger charge is 2.03. The molecule has 0 saturated heterocycles. The van der Waals surface area contributed by atoms with E-state index in [0.29, 0.717) is 6.42 Å². The van der Waals surface area contributed by atoms with Crippen LogP contribution >= 0.6 is 0 Å². The van der Waals surface area contributed by atoms with Crippen molar-refractivity contribution in [3.05, 3.63) is 0 Å². The van der Waals surface area contributed by atoms with Crippen LogP contribution in [0, 0.1) is 0 Å². The van der Waals surface area contributed by atoms with E-state index in [9.17, 15) is 0 Å². The molecule has 0 rings (SSSR count). The first-order valence-corrected chi connectivity index (χ1v) is 3.25. The molecule has 0 aliphatic rings. The van der Waals surface area contributed by atoms with Gasteiger partial charge in [0.1, 0.15) is 6.23 Å². The molecular weight excluding hydrogens is 118 g/mol. The minimum Gasteiger partial charge on any atom is -0.395 e. The molecule has 0 aromatic carbocycles. The van der Waals surface area contributed by atoms with E-state index in [1.54, 1.807) is 0 Å². The summed E-state index contributed by atoms with van der Waals surface area (Å²) in [4.78, 5) is 0. The van der Waals surface area contributed by atoms with Crippen molar-refractivity contribution < 1.29 is 10.2 Å². The lowest BCUT2D eigenvalue weighted by atomic mass is 10.3. The molecule has 2 unspecified atom stereocenters. The van der Waals surface area contributed by atoms with Gasteiger partial charge in [-0.2, -0.15) is 0 Å². The summed E-state index contributed by atoms with van der Waals surface area (Å²) < 4.78 is 0. The molecule has 0 fully saturated rings. The standard InChI is InChI=1S/C6H15NO2/c1-3-6(9)7-5(2)4-8/h5-9H,3-4H2,1-2H3. The first kappa shape index (κ1) is 8.88. The molecule has 2 atom stereocenters. The topological polar surface area (TPSA) is 52.5 Å². The summed E-state index contributed by atoms with van der Waals surface area (Å²) in [5.74, 6) is 0. The summed E-state index contributed by atoms with van der Waals surface area (Å²) in [5.41, 5.74) is 0. The number of hydrogen-bond donors (Lipinski definition) is 3. The van der Waals surface area contributed by atoms with Crippen molar-refractivity contribution in [2.75, 3.05) is 6.61 Å². The Morgan fingerprint density at radius 2 is 2.11 bits per heavy atom. The third kappa shape index (κ3) is 4.39. The largest absolute Gasteiger partial charge is 0.395 e. The second-order valence-corrected chi connectivity index (χ2v) is 2.17. The number of nitrogens with one attached hydrogen (secondary N) is 1. The van der Waals surface area contributed by atoms with Gasteiger partial charge in [-0.15, -0.1) is 0 Å². The number of aliphatic hydroxyl groups excluding tert-OH is 2. The van der Waals surface area contributed by atoms with E-state index in [1.807, 2.05) is 13.8 Å². The van der Waals surface area contributed by atoms with Gasteiger partial charge in [0.15, 0.2) is 0 Å². The minimum atomic E-state index is -0.479. The Bertz CT molecular complexity index is 60.1. The van der Waals surface area contributed by atoms with Crippen LogP contribution in [0.1, 0.15) is 20.3 Å². The quantitative estimate of drug-likeness (QED) is 0.461. The van der Waals surface area contributed by atoms with E-state index in [4.69, 9.17) is 10.2 Å². The predicted molar refractivity (Wildman–Crippen MR) is 36.0 cm³/mol. The van der Waals surface area contributed by atoms with Crippen molar-refractivity contribution in [3.63, 3.8) is 0 Å². The predicted octanol–water partition coefficient (Wildman–Crippen LogP) is -0.315. The van der Waals surface area contributed by atoms with Crippen molar-refractivity contribution in [1.29, 1.82) is 0 Å². The van der Waals surface area contributed by atoms with Crippen LogP contribution in [-0.4, -0.2) is 29.1 Å². The van der Waals surface area contributed by atoms with Crippen LogP contribution in [0.4, 0.5) is 0 Å². The molecule has 9 heavy (non-hydrogen) atoms. The highest BCUT2D eigenvalue weighted by atomic mass is 16.3. The second kappa shape index (κ2) is 4.73. The van der Waals surface area contributed by atoms with Gasteiger partial charge in [0.05, 0.1) is 6.61 Å². The van der Waals surface area contributed by atoms with E-state index in [0.717, 1.165) is 0 Å². The van der Waals surface area contributed by atoms with E-state index >= 15 is 0 Å². The summed E-state index contributed by atoms with van der Waals surface area (Å²) in [6, 6.07) is -0.0139. The molecule has 0 aliphatic heterocycles. The van der Waals surface area contributed by atoms with Crippen LogP contribution in [0.5, 0.6) is 0 Å². The Morgan fingerprint density at radius 1 is 1.56 bits per heavy atom. The van der Waals surface area contributed by atoms with Crippen molar-refractivity contribution in [2.45, 2.75) is 32.5 Å². The average Bonchev–Trinajstić information content (AvgIpc) is 1.87. The van der Waals surface area contributed by atoms with Gasteiger partial charge in [0.25, 0.3) is 0 Å². The van der Waals surface area contributed by atoms with Crippen LogP contribution in [0.3, 0.4) is 0 Å². The lowest BCUT2D eigenvalue weighted by Gasteiger charge is -2.14. The summed E-state index contributed by atoms with van der Waals surface area (Å²) in [7, 11) is 0. The maximum atomic E-state index is 8.94. The van der Waals surface area contributed by atoms with Gasteiger partial charge in [-0.25, -0.2) is 0 Å². The number of rotatable bonds is 4. The van der Waals surface area contributed by atoms with Gasteiger partial charge in [-0.05, 0) is 13.3 Å². The van der Waals surface area contributed by atoms with E-state index in [1.165, 1.54) is 0 Å². The van der Waals surface area contributed by atoms with Crippen LogP contribution in [0.25, 0.3) is 0 Å². The fourth-order valence-electron chi connectivity index (χ4n) is 0.499. The smallest absolute Gasteiger partial charge is 0.104 e.